The maximum Gasteiger partial charge on any atom is 0.220 e. The molecule has 6 nitrogen and oxygen atoms in total. The van der Waals surface area contributed by atoms with Crippen LogP contribution < -0.4 is 16.4 Å². The zero-order chi connectivity index (χ0) is 15.5. The van der Waals surface area contributed by atoms with Gasteiger partial charge in [0.1, 0.15) is 0 Å². The molecule has 22 heavy (non-hydrogen) atoms. The Labute approximate surface area is 151 Å². The largest absolute Gasteiger partial charge is 0.369 e. The predicted octanol–water partition coefficient (Wildman–Crippen LogP) is 1.16. The Kier molecular flexibility index (Phi) is 12.6. The summed E-state index contributed by atoms with van der Waals surface area (Å²) in [6.45, 7) is 9.87. The molecule has 1 saturated heterocycles. The van der Waals surface area contributed by atoms with Crippen molar-refractivity contribution < 1.29 is 4.79 Å². The fraction of sp³-hybridized carbons (Fsp3) is 0.867. The van der Waals surface area contributed by atoms with E-state index in [2.05, 4.69) is 34.4 Å². The van der Waals surface area contributed by atoms with Crippen LogP contribution in [0.5, 0.6) is 0 Å². The van der Waals surface area contributed by atoms with E-state index in [9.17, 15) is 4.79 Å². The Morgan fingerprint density at radius 1 is 1.18 bits per heavy atom. The van der Waals surface area contributed by atoms with E-state index < -0.39 is 0 Å². The Balaban J connectivity index is 0.00000441. The minimum absolute atomic E-state index is 0. The number of guanidine groups is 1. The van der Waals surface area contributed by atoms with Crippen LogP contribution in [0, 0.1) is 5.92 Å². The van der Waals surface area contributed by atoms with E-state index in [4.69, 9.17) is 5.73 Å². The number of unbranched alkanes of at least 4 members (excludes halogenated alkanes) is 1. The number of carbonyl (C=O) groups excluding carboxylic acids is 1. The molecule has 1 fully saturated rings. The standard InChI is InChI=1S/C15H31N5O.HI/c1-3-17-15(18-4-2)19-9-5-6-10-20-11-7-13(8-12-20)14(16)21;/h13H,3-12H2,1-2H3,(H2,16,21)(H2,17,18,19);1H. The lowest BCUT2D eigenvalue weighted by atomic mass is 9.96. The molecule has 0 aliphatic carbocycles. The van der Waals surface area contributed by atoms with Crippen molar-refractivity contribution in [3.63, 3.8) is 0 Å². The number of nitrogens with one attached hydrogen (secondary N) is 2. The smallest absolute Gasteiger partial charge is 0.220 e. The average molecular weight is 425 g/mol. The molecular formula is C15H32IN5O. The van der Waals surface area contributed by atoms with Crippen molar-refractivity contribution in [2.45, 2.75) is 39.5 Å². The molecule has 1 heterocycles. The normalized spacial score (nSPS) is 15.7. The van der Waals surface area contributed by atoms with Crippen LogP contribution in [-0.4, -0.2) is 56.0 Å². The third-order valence-corrected chi connectivity index (χ3v) is 3.83. The molecule has 1 aliphatic rings. The van der Waals surface area contributed by atoms with Gasteiger partial charge in [0.25, 0.3) is 0 Å². The fourth-order valence-electron chi connectivity index (χ4n) is 2.59. The van der Waals surface area contributed by atoms with Crippen LogP contribution >= 0.6 is 24.0 Å². The molecule has 0 aromatic rings. The van der Waals surface area contributed by atoms with Crippen LogP contribution in [0.2, 0.25) is 0 Å². The number of halogens is 1. The van der Waals surface area contributed by atoms with Gasteiger partial charge in [-0.25, -0.2) is 0 Å². The van der Waals surface area contributed by atoms with E-state index in [0.717, 1.165) is 70.9 Å². The molecule has 0 atom stereocenters. The molecule has 4 N–H and O–H groups in total. The van der Waals surface area contributed by atoms with Gasteiger partial charge in [-0.15, -0.1) is 24.0 Å². The van der Waals surface area contributed by atoms with Crippen molar-refractivity contribution in [3.8, 4) is 0 Å². The molecule has 0 bridgehead atoms. The number of nitrogens with zero attached hydrogens (tertiary/aromatic N) is 2. The highest BCUT2D eigenvalue weighted by molar-refractivity contribution is 14.0. The Morgan fingerprint density at radius 2 is 1.77 bits per heavy atom. The molecule has 0 unspecified atom stereocenters. The van der Waals surface area contributed by atoms with Crippen molar-refractivity contribution in [1.29, 1.82) is 0 Å². The van der Waals surface area contributed by atoms with Gasteiger partial charge in [0.2, 0.25) is 5.91 Å². The molecular weight excluding hydrogens is 393 g/mol. The highest BCUT2D eigenvalue weighted by Crippen LogP contribution is 2.16. The highest BCUT2D eigenvalue weighted by Gasteiger charge is 2.22. The first kappa shape index (κ1) is 21.4. The van der Waals surface area contributed by atoms with Crippen molar-refractivity contribution in [1.82, 2.24) is 15.5 Å². The molecule has 1 aliphatic heterocycles. The number of hydrogen-bond donors (Lipinski definition) is 3. The van der Waals surface area contributed by atoms with E-state index in [1.54, 1.807) is 0 Å². The Bertz CT molecular complexity index is 322. The lowest BCUT2D eigenvalue weighted by Gasteiger charge is -2.30. The van der Waals surface area contributed by atoms with E-state index in [0.29, 0.717) is 0 Å². The Hall–Kier alpha value is -0.570. The number of amides is 1. The minimum Gasteiger partial charge on any atom is -0.369 e. The summed E-state index contributed by atoms with van der Waals surface area (Å²) >= 11 is 0. The second-order valence-corrected chi connectivity index (χ2v) is 5.52. The summed E-state index contributed by atoms with van der Waals surface area (Å²) in [6, 6.07) is 0. The van der Waals surface area contributed by atoms with Crippen LogP contribution in [0.4, 0.5) is 0 Å². The van der Waals surface area contributed by atoms with Gasteiger partial charge in [-0.3, -0.25) is 9.79 Å². The second-order valence-electron chi connectivity index (χ2n) is 5.52. The number of nitrogens with two attached hydrogens (primary N) is 1. The summed E-state index contributed by atoms with van der Waals surface area (Å²) in [5.41, 5.74) is 5.35. The van der Waals surface area contributed by atoms with Crippen LogP contribution in [0.25, 0.3) is 0 Å². The van der Waals surface area contributed by atoms with Crippen molar-refractivity contribution >= 4 is 35.8 Å². The molecule has 0 aromatic carbocycles. The number of piperidine rings is 1. The fourth-order valence-corrected chi connectivity index (χ4v) is 2.59. The summed E-state index contributed by atoms with van der Waals surface area (Å²) < 4.78 is 0. The van der Waals surface area contributed by atoms with E-state index >= 15 is 0 Å². The average Bonchev–Trinajstić information content (AvgIpc) is 2.47. The molecule has 0 spiro atoms. The van der Waals surface area contributed by atoms with Crippen LogP contribution in [0.1, 0.15) is 39.5 Å². The molecule has 0 saturated carbocycles. The zero-order valence-corrected chi connectivity index (χ0v) is 16.3. The number of aliphatic imine (C=N–C) groups is 1. The van der Waals surface area contributed by atoms with Gasteiger partial charge in [-0.05, 0) is 59.2 Å². The molecule has 1 rings (SSSR count). The maximum atomic E-state index is 11.1. The van der Waals surface area contributed by atoms with Gasteiger partial charge >= 0.3 is 0 Å². The second kappa shape index (κ2) is 12.9. The van der Waals surface area contributed by atoms with Gasteiger partial charge in [0, 0.05) is 25.6 Å². The first-order valence-corrected chi connectivity index (χ1v) is 8.21. The van der Waals surface area contributed by atoms with Gasteiger partial charge in [-0.2, -0.15) is 0 Å². The van der Waals surface area contributed by atoms with Crippen LogP contribution in [0.15, 0.2) is 4.99 Å². The lowest BCUT2D eigenvalue weighted by molar-refractivity contribution is -0.123. The number of rotatable bonds is 8. The van der Waals surface area contributed by atoms with Gasteiger partial charge in [0.05, 0.1) is 0 Å². The SMILES string of the molecule is CCNC(=NCCCCN1CCC(C(N)=O)CC1)NCC.I. The molecule has 1 amide bonds. The highest BCUT2D eigenvalue weighted by atomic mass is 127. The third kappa shape index (κ3) is 8.77. The summed E-state index contributed by atoms with van der Waals surface area (Å²) in [5.74, 6) is 0.860. The number of hydrogen-bond acceptors (Lipinski definition) is 3. The van der Waals surface area contributed by atoms with E-state index in [-0.39, 0.29) is 35.8 Å². The van der Waals surface area contributed by atoms with Crippen LogP contribution in [0.3, 0.4) is 0 Å². The van der Waals surface area contributed by atoms with Crippen molar-refractivity contribution in [3.05, 3.63) is 0 Å². The summed E-state index contributed by atoms with van der Waals surface area (Å²) in [4.78, 5) is 18.1. The third-order valence-electron chi connectivity index (χ3n) is 3.83. The number of primary amides is 1. The topological polar surface area (TPSA) is 82.8 Å². The van der Waals surface area contributed by atoms with Crippen LogP contribution in [-0.2, 0) is 4.79 Å². The monoisotopic (exact) mass is 425 g/mol. The molecule has 0 aromatic heterocycles. The van der Waals surface area contributed by atoms with Gasteiger partial charge in [0.15, 0.2) is 5.96 Å². The van der Waals surface area contributed by atoms with Gasteiger partial charge < -0.3 is 21.3 Å². The maximum absolute atomic E-state index is 11.1. The molecule has 130 valence electrons. The summed E-state index contributed by atoms with van der Waals surface area (Å²) in [5, 5.41) is 6.45. The van der Waals surface area contributed by atoms with E-state index in [1.807, 2.05) is 0 Å². The number of likely N-dealkylation sites (tertiary alicyclic amines) is 1. The number of carbonyl (C=O) groups is 1. The van der Waals surface area contributed by atoms with Crippen molar-refractivity contribution in [2.24, 2.45) is 16.6 Å². The summed E-state index contributed by atoms with van der Waals surface area (Å²) in [6.07, 6.45) is 4.07. The molecule has 7 heteroatoms. The zero-order valence-electron chi connectivity index (χ0n) is 13.9. The van der Waals surface area contributed by atoms with Crippen molar-refractivity contribution in [2.75, 3.05) is 39.3 Å². The Morgan fingerprint density at radius 3 is 2.27 bits per heavy atom. The summed E-state index contributed by atoms with van der Waals surface area (Å²) in [7, 11) is 0. The minimum atomic E-state index is -0.136. The predicted molar refractivity (Wildman–Crippen MR) is 103 cm³/mol. The van der Waals surface area contributed by atoms with E-state index in [1.165, 1.54) is 0 Å². The van der Waals surface area contributed by atoms with Gasteiger partial charge in [-0.1, -0.05) is 0 Å². The quantitative estimate of drug-likeness (QED) is 0.236. The first-order valence-electron chi connectivity index (χ1n) is 8.21. The molecule has 0 radical (unpaired) electrons. The first-order chi connectivity index (χ1) is 10.2. The lowest BCUT2D eigenvalue weighted by Crippen LogP contribution is -2.39.